The molecule has 0 atom stereocenters. The molecule has 0 spiro atoms. The summed E-state index contributed by atoms with van der Waals surface area (Å²) in [5.74, 6) is 1.57. The van der Waals surface area contributed by atoms with Gasteiger partial charge in [0, 0.05) is 0 Å². The highest BCUT2D eigenvalue weighted by molar-refractivity contribution is 7.16. The number of nitrogens with zero attached hydrogens (tertiary/aromatic N) is 3. The Kier molecular flexibility index (Phi) is 4.26. The molecule has 0 saturated carbocycles. The van der Waals surface area contributed by atoms with Crippen LogP contribution in [0.5, 0.6) is 0 Å². The third-order valence-corrected chi connectivity index (χ3v) is 5.22. The van der Waals surface area contributed by atoms with E-state index in [1.54, 1.807) is 24.3 Å². The second kappa shape index (κ2) is 6.74. The summed E-state index contributed by atoms with van der Waals surface area (Å²) in [6.07, 6.45) is 5.48. The number of fused-ring (bicyclic) bond motifs is 2. The standard InChI is InChI=1S/C20H15N3O3S/c1-3-10-22-15-9-8-13(2)11-17(15)27-19(22)21-18(24)12-23-14-6-4-5-7-16(14)26-20(23)25/h1,4-9,11H,10,12H2,2H3. The smallest absolute Gasteiger partial charge is 0.408 e. The highest BCUT2D eigenvalue weighted by Gasteiger charge is 2.13. The van der Waals surface area contributed by atoms with E-state index < -0.39 is 11.7 Å². The number of benzene rings is 2. The third-order valence-electron chi connectivity index (χ3n) is 4.18. The summed E-state index contributed by atoms with van der Waals surface area (Å²) < 4.78 is 9.27. The number of terminal acetylenes is 1. The van der Waals surface area contributed by atoms with Gasteiger partial charge in [0.25, 0.3) is 5.91 Å². The molecule has 27 heavy (non-hydrogen) atoms. The molecule has 4 rings (SSSR count). The van der Waals surface area contributed by atoms with Crippen molar-refractivity contribution in [1.82, 2.24) is 9.13 Å². The Bertz CT molecular complexity index is 1340. The van der Waals surface area contributed by atoms with E-state index in [1.165, 1.54) is 15.9 Å². The van der Waals surface area contributed by atoms with Crippen molar-refractivity contribution in [3.8, 4) is 12.3 Å². The summed E-state index contributed by atoms with van der Waals surface area (Å²) in [7, 11) is 0. The minimum absolute atomic E-state index is 0.195. The van der Waals surface area contributed by atoms with Crippen LogP contribution in [0.25, 0.3) is 21.3 Å². The first-order valence-electron chi connectivity index (χ1n) is 8.26. The van der Waals surface area contributed by atoms with Crippen LogP contribution in [0.2, 0.25) is 0 Å². The van der Waals surface area contributed by atoms with E-state index in [0.717, 1.165) is 15.8 Å². The first-order valence-corrected chi connectivity index (χ1v) is 9.08. The fraction of sp³-hybridized carbons (Fsp3) is 0.150. The summed E-state index contributed by atoms with van der Waals surface area (Å²) in [5.41, 5.74) is 3.05. The Balaban J connectivity index is 1.78. The number of hydrogen-bond acceptors (Lipinski definition) is 4. The second-order valence-electron chi connectivity index (χ2n) is 6.07. The number of oxazole rings is 1. The lowest BCUT2D eigenvalue weighted by molar-refractivity contribution is -0.118. The van der Waals surface area contributed by atoms with Crippen LogP contribution in [-0.4, -0.2) is 15.0 Å². The molecule has 0 unspecified atom stereocenters. The van der Waals surface area contributed by atoms with Gasteiger partial charge in [0.05, 0.1) is 22.3 Å². The molecular weight excluding hydrogens is 362 g/mol. The molecule has 2 aromatic heterocycles. The molecule has 1 amide bonds. The molecule has 134 valence electrons. The molecule has 0 N–H and O–H groups in total. The van der Waals surface area contributed by atoms with E-state index in [0.29, 0.717) is 22.4 Å². The zero-order valence-corrected chi connectivity index (χ0v) is 15.3. The van der Waals surface area contributed by atoms with Gasteiger partial charge in [-0.1, -0.05) is 35.5 Å². The Hall–Kier alpha value is -3.37. The quantitative estimate of drug-likeness (QED) is 0.516. The SMILES string of the molecule is C#CCn1c(=NC(=O)Cn2c(=O)oc3ccccc32)sc2cc(C)ccc21. The Morgan fingerprint density at radius 1 is 1.22 bits per heavy atom. The molecular formula is C20H15N3O3S. The normalized spacial score (nSPS) is 11.9. The van der Waals surface area contributed by atoms with Crippen molar-refractivity contribution in [2.75, 3.05) is 0 Å². The Morgan fingerprint density at radius 2 is 2.04 bits per heavy atom. The molecule has 0 aliphatic rings. The van der Waals surface area contributed by atoms with Gasteiger partial charge < -0.3 is 8.98 Å². The fourth-order valence-corrected chi connectivity index (χ4v) is 4.10. The van der Waals surface area contributed by atoms with Gasteiger partial charge in [-0.05, 0) is 36.8 Å². The van der Waals surface area contributed by atoms with E-state index in [2.05, 4.69) is 10.9 Å². The number of aryl methyl sites for hydroxylation is 1. The van der Waals surface area contributed by atoms with Gasteiger partial charge in [0.15, 0.2) is 10.4 Å². The minimum Gasteiger partial charge on any atom is -0.408 e. The average molecular weight is 377 g/mol. The second-order valence-corrected chi connectivity index (χ2v) is 7.08. The van der Waals surface area contributed by atoms with Crippen molar-refractivity contribution in [2.45, 2.75) is 20.0 Å². The Morgan fingerprint density at radius 3 is 2.85 bits per heavy atom. The summed E-state index contributed by atoms with van der Waals surface area (Å²) in [4.78, 5) is 29.3. The van der Waals surface area contributed by atoms with Crippen molar-refractivity contribution in [3.63, 3.8) is 0 Å². The van der Waals surface area contributed by atoms with Gasteiger partial charge >= 0.3 is 5.76 Å². The number of aromatic nitrogens is 2. The molecule has 4 aromatic rings. The van der Waals surface area contributed by atoms with Gasteiger partial charge in [-0.3, -0.25) is 9.36 Å². The van der Waals surface area contributed by atoms with Gasteiger partial charge in [0.2, 0.25) is 0 Å². The monoisotopic (exact) mass is 377 g/mol. The molecule has 2 aromatic carbocycles. The maximum Gasteiger partial charge on any atom is 0.420 e. The fourth-order valence-electron chi connectivity index (χ4n) is 2.95. The molecule has 0 fully saturated rings. The lowest BCUT2D eigenvalue weighted by Crippen LogP contribution is -2.22. The zero-order chi connectivity index (χ0) is 19.0. The maximum atomic E-state index is 12.5. The molecule has 0 radical (unpaired) electrons. The number of thiazole rings is 1. The highest BCUT2D eigenvalue weighted by Crippen LogP contribution is 2.19. The van der Waals surface area contributed by atoms with Crippen molar-refractivity contribution in [2.24, 2.45) is 4.99 Å². The summed E-state index contributed by atoms with van der Waals surface area (Å²) in [6.45, 7) is 2.12. The van der Waals surface area contributed by atoms with E-state index >= 15 is 0 Å². The van der Waals surface area contributed by atoms with Crippen LogP contribution in [0.3, 0.4) is 0 Å². The van der Waals surface area contributed by atoms with Gasteiger partial charge in [-0.15, -0.1) is 6.42 Å². The van der Waals surface area contributed by atoms with E-state index in [-0.39, 0.29) is 6.54 Å². The molecule has 0 saturated heterocycles. The first kappa shape index (κ1) is 17.1. The highest BCUT2D eigenvalue weighted by atomic mass is 32.1. The van der Waals surface area contributed by atoms with Gasteiger partial charge in [0.1, 0.15) is 6.54 Å². The van der Waals surface area contributed by atoms with Crippen LogP contribution in [0, 0.1) is 19.3 Å². The average Bonchev–Trinajstić information content (AvgIpc) is 3.13. The third kappa shape index (κ3) is 3.11. The van der Waals surface area contributed by atoms with Crippen LogP contribution < -0.4 is 10.6 Å². The van der Waals surface area contributed by atoms with Crippen LogP contribution in [-0.2, 0) is 17.9 Å². The van der Waals surface area contributed by atoms with Crippen molar-refractivity contribution in [3.05, 3.63) is 63.4 Å². The molecule has 0 aliphatic carbocycles. The maximum absolute atomic E-state index is 12.5. The lowest BCUT2D eigenvalue weighted by atomic mass is 10.2. The van der Waals surface area contributed by atoms with E-state index in [1.807, 2.05) is 29.7 Å². The topological polar surface area (TPSA) is 69.5 Å². The minimum atomic E-state index is -0.580. The summed E-state index contributed by atoms with van der Waals surface area (Å²) in [5, 5.41) is 0. The largest absolute Gasteiger partial charge is 0.420 e. The van der Waals surface area contributed by atoms with Crippen molar-refractivity contribution in [1.29, 1.82) is 0 Å². The summed E-state index contributed by atoms with van der Waals surface area (Å²) >= 11 is 1.40. The van der Waals surface area contributed by atoms with Crippen LogP contribution in [0.15, 0.2) is 56.7 Å². The zero-order valence-electron chi connectivity index (χ0n) is 14.5. The number of amides is 1. The molecule has 6 nitrogen and oxygen atoms in total. The van der Waals surface area contributed by atoms with Crippen molar-refractivity contribution >= 4 is 38.6 Å². The predicted molar refractivity (Wildman–Crippen MR) is 104 cm³/mol. The molecule has 2 heterocycles. The number of para-hydroxylation sites is 2. The first-order chi connectivity index (χ1) is 13.1. The number of carbonyl (C=O) groups is 1. The molecule has 0 aliphatic heterocycles. The number of hydrogen-bond donors (Lipinski definition) is 0. The van der Waals surface area contributed by atoms with Crippen LogP contribution in [0.4, 0.5) is 0 Å². The molecule has 0 bridgehead atoms. The molecule has 7 heteroatoms. The summed E-state index contributed by atoms with van der Waals surface area (Å²) in [6, 6.07) is 13.0. The van der Waals surface area contributed by atoms with E-state index in [4.69, 9.17) is 10.8 Å². The predicted octanol–water partition coefficient (Wildman–Crippen LogP) is 2.68. The number of carbonyl (C=O) groups excluding carboxylic acids is 1. The van der Waals surface area contributed by atoms with Crippen LogP contribution in [0.1, 0.15) is 5.56 Å². The van der Waals surface area contributed by atoms with Crippen LogP contribution >= 0.6 is 11.3 Å². The van der Waals surface area contributed by atoms with Gasteiger partial charge in [-0.25, -0.2) is 4.79 Å². The number of rotatable bonds is 3. The van der Waals surface area contributed by atoms with E-state index in [9.17, 15) is 9.59 Å². The van der Waals surface area contributed by atoms with Gasteiger partial charge in [-0.2, -0.15) is 4.99 Å². The lowest BCUT2D eigenvalue weighted by Gasteiger charge is -2.00. The van der Waals surface area contributed by atoms with Crippen molar-refractivity contribution < 1.29 is 9.21 Å². The Labute approximate surface area is 158 Å².